The Kier molecular flexibility index (Phi) is 7.31. The second kappa shape index (κ2) is 9.70. The van der Waals surface area contributed by atoms with E-state index in [2.05, 4.69) is 59.7 Å². The van der Waals surface area contributed by atoms with Crippen LogP contribution in [0.25, 0.3) is 0 Å². The van der Waals surface area contributed by atoms with Gasteiger partial charge in [0.2, 0.25) is 5.91 Å². The third kappa shape index (κ3) is 5.79. The minimum atomic E-state index is 0.324. The first kappa shape index (κ1) is 20.3. The molecule has 150 valence electrons. The fourth-order valence-corrected chi connectivity index (χ4v) is 4.36. The number of nitrogens with zero attached hydrogens (tertiary/aromatic N) is 3. The van der Waals surface area contributed by atoms with Crippen LogP contribution in [0.15, 0.2) is 24.3 Å². The lowest BCUT2D eigenvalue weighted by molar-refractivity contribution is -0.134. The van der Waals surface area contributed by atoms with E-state index in [9.17, 15) is 4.79 Å². The number of rotatable bonds is 6. The first-order valence-electron chi connectivity index (χ1n) is 10.9. The molecule has 4 heteroatoms. The average Bonchev–Trinajstić information content (AvgIpc) is 2.69. The molecule has 2 saturated heterocycles. The smallest absolute Gasteiger partial charge is 0.236 e. The van der Waals surface area contributed by atoms with Crippen LogP contribution in [0.2, 0.25) is 0 Å². The first-order chi connectivity index (χ1) is 13.0. The van der Waals surface area contributed by atoms with E-state index in [4.69, 9.17) is 0 Å². The number of benzene rings is 1. The third-order valence-electron chi connectivity index (χ3n) is 6.50. The molecule has 2 aliphatic rings. The molecular weight excluding hydrogens is 334 g/mol. The minimum absolute atomic E-state index is 0.324. The van der Waals surface area contributed by atoms with E-state index in [0.717, 1.165) is 64.1 Å². The summed E-state index contributed by atoms with van der Waals surface area (Å²) in [6.07, 6.45) is 3.58. The predicted octanol–water partition coefficient (Wildman–Crippen LogP) is 3.26. The van der Waals surface area contributed by atoms with Crippen molar-refractivity contribution in [1.29, 1.82) is 0 Å². The first-order valence-corrected chi connectivity index (χ1v) is 10.9. The maximum absolute atomic E-state index is 12.7. The van der Waals surface area contributed by atoms with Crippen LogP contribution in [0.1, 0.15) is 44.7 Å². The summed E-state index contributed by atoms with van der Waals surface area (Å²) in [7, 11) is 0. The summed E-state index contributed by atoms with van der Waals surface area (Å²) in [6.45, 7) is 14.3. The normalized spacial score (nSPS) is 20.4. The number of carbonyl (C=O) groups excluding carboxylic acids is 1. The SMILES string of the molecule is CCc1ccc(CN2CCN(C(=O)CN3CCC(C(C)C)CC3)CC2)cc1. The van der Waals surface area contributed by atoms with E-state index in [1.165, 1.54) is 24.0 Å². The lowest BCUT2D eigenvalue weighted by Gasteiger charge is -2.37. The van der Waals surface area contributed by atoms with Crippen LogP contribution in [-0.4, -0.2) is 66.4 Å². The van der Waals surface area contributed by atoms with Gasteiger partial charge in [0.1, 0.15) is 0 Å². The lowest BCUT2D eigenvalue weighted by atomic mass is 9.87. The number of amides is 1. The largest absolute Gasteiger partial charge is 0.339 e. The molecule has 2 fully saturated rings. The van der Waals surface area contributed by atoms with Crippen LogP contribution in [-0.2, 0) is 17.8 Å². The van der Waals surface area contributed by atoms with Crippen LogP contribution in [0.5, 0.6) is 0 Å². The summed E-state index contributed by atoms with van der Waals surface area (Å²) in [6, 6.07) is 8.96. The summed E-state index contributed by atoms with van der Waals surface area (Å²) in [4.78, 5) is 19.6. The van der Waals surface area contributed by atoms with Gasteiger partial charge in [0.25, 0.3) is 0 Å². The number of aryl methyl sites for hydroxylation is 1. The fourth-order valence-electron chi connectivity index (χ4n) is 4.36. The van der Waals surface area contributed by atoms with Gasteiger partial charge in [-0.05, 0) is 55.3 Å². The van der Waals surface area contributed by atoms with Crippen molar-refractivity contribution >= 4 is 5.91 Å². The molecule has 2 aliphatic heterocycles. The van der Waals surface area contributed by atoms with Crippen molar-refractivity contribution in [3.63, 3.8) is 0 Å². The highest BCUT2D eigenvalue weighted by Gasteiger charge is 2.26. The standard InChI is InChI=1S/C23H37N3O/c1-4-20-5-7-21(8-6-20)17-25-13-15-26(16-14-25)23(27)18-24-11-9-22(10-12-24)19(2)3/h5-8,19,22H,4,9-18H2,1-3H3. The number of likely N-dealkylation sites (tertiary alicyclic amines) is 1. The Morgan fingerprint density at radius 3 is 2.07 bits per heavy atom. The molecule has 0 atom stereocenters. The molecule has 1 aromatic carbocycles. The van der Waals surface area contributed by atoms with E-state index in [1.54, 1.807) is 0 Å². The maximum atomic E-state index is 12.7. The molecule has 2 heterocycles. The second-order valence-electron chi connectivity index (χ2n) is 8.68. The van der Waals surface area contributed by atoms with E-state index in [1.807, 2.05) is 0 Å². The molecule has 0 aliphatic carbocycles. The van der Waals surface area contributed by atoms with Gasteiger partial charge in [0, 0.05) is 32.7 Å². The van der Waals surface area contributed by atoms with Crippen molar-refractivity contribution in [2.24, 2.45) is 11.8 Å². The summed E-state index contributed by atoms with van der Waals surface area (Å²) in [5.74, 6) is 1.94. The molecule has 0 radical (unpaired) electrons. The Morgan fingerprint density at radius 2 is 1.52 bits per heavy atom. The van der Waals surface area contributed by atoms with E-state index in [-0.39, 0.29) is 0 Å². The Bertz CT molecular complexity index is 582. The molecule has 0 bridgehead atoms. The van der Waals surface area contributed by atoms with Gasteiger partial charge < -0.3 is 4.90 Å². The van der Waals surface area contributed by atoms with Gasteiger partial charge in [-0.3, -0.25) is 14.6 Å². The highest BCUT2D eigenvalue weighted by atomic mass is 16.2. The molecule has 0 unspecified atom stereocenters. The molecule has 4 nitrogen and oxygen atoms in total. The average molecular weight is 372 g/mol. The van der Waals surface area contributed by atoms with Gasteiger partial charge in [-0.15, -0.1) is 0 Å². The molecule has 0 spiro atoms. The van der Waals surface area contributed by atoms with E-state index < -0.39 is 0 Å². The molecule has 0 N–H and O–H groups in total. The zero-order chi connectivity index (χ0) is 19.2. The van der Waals surface area contributed by atoms with E-state index >= 15 is 0 Å². The fraction of sp³-hybridized carbons (Fsp3) is 0.696. The second-order valence-corrected chi connectivity index (χ2v) is 8.68. The van der Waals surface area contributed by atoms with Gasteiger partial charge >= 0.3 is 0 Å². The highest BCUT2D eigenvalue weighted by molar-refractivity contribution is 5.78. The zero-order valence-corrected chi connectivity index (χ0v) is 17.5. The van der Waals surface area contributed by atoms with E-state index in [0.29, 0.717) is 12.5 Å². The van der Waals surface area contributed by atoms with Gasteiger partial charge in [-0.1, -0.05) is 45.0 Å². The number of piperazine rings is 1. The Balaban J connectivity index is 1.39. The molecule has 1 aromatic rings. The minimum Gasteiger partial charge on any atom is -0.339 e. The predicted molar refractivity (Wildman–Crippen MR) is 112 cm³/mol. The topological polar surface area (TPSA) is 26.8 Å². The monoisotopic (exact) mass is 371 g/mol. The van der Waals surface area contributed by atoms with Gasteiger partial charge in [0.15, 0.2) is 0 Å². The van der Waals surface area contributed by atoms with Crippen LogP contribution >= 0.6 is 0 Å². The highest BCUT2D eigenvalue weighted by Crippen LogP contribution is 2.24. The number of hydrogen-bond acceptors (Lipinski definition) is 3. The van der Waals surface area contributed by atoms with Crippen molar-refractivity contribution in [2.45, 2.75) is 46.6 Å². The molecule has 1 amide bonds. The third-order valence-corrected chi connectivity index (χ3v) is 6.50. The number of hydrogen-bond donors (Lipinski definition) is 0. The molecule has 27 heavy (non-hydrogen) atoms. The van der Waals surface area contributed by atoms with Crippen molar-refractivity contribution in [3.8, 4) is 0 Å². The van der Waals surface area contributed by atoms with Gasteiger partial charge in [-0.2, -0.15) is 0 Å². The van der Waals surface area contributed by atoms with Crippen LogP contribution in [0.4, 0.5) is 0 Å². The molecule has 0 saturated carbocycles. The van der Waals surface area contributed by atoms with Crippen LogP contribution in [0.3, 0.4) is 0 Å². The van der Waals surface area contributed by atoms with Crippen LogP contribution in [0, 0.1) is 11.8 Å². The van der Waals surface area contributed by atoms with Gasteiger partial charge in [-0.25, -0.2) is 0 Å². The summed E-state index contributed by atoms with van der Waals surface area (Å²) in [5, 5.41) is 0. The molecule has 3 rings (SSSR count). The Morgan fingerprint density at radius 1 is 0.926 bits per heavy atom. The number of piperidine rings is 1. The lowest BCUT2D eigenvalue weighted by Crippen LogP contribution is -2.51. The van der Waals surface area contributed by atoms with Crippen molar-refractivity contribution in [2.75, 3.05) is 45.8 Å². The van der Waals surface area contributed by atoms with Crippen LogP contribution < -0.4 is 0 Å². The van der Waals surface area contributed by atoms with Gasteiger partial charge in [0.05, 0.1) is 6.54 Å². The maximum Gasteiger partial charge on any atom is 0.236 e. The molecule has 0 aromatic heterocycles. The summed E-state index contributed by atoms with van der Waals surface area (Å²) >= 11 is 0. The quantitative estimate of drug-likeness (QED) is 0.768. The van der Waals surface area contributed by atoms with Crippen molar-refractivity contribution in [3.05, 3.63) is 35.4 Å². The summed E-state index contributed by atoms with van der Waals surface area (Å²) in [5.41, 5.74) is 2.77. The Hall–Kier alpha value is -1.39. The molecular formula is C23H37N3O. The number of carbonyl (C=O) groups is 1. The summed E-state index contributed by atoms with van der Waals surface area (Å²) < 4.78 is 0. The zero-order valence-electron chi connectivity index (χ0n) is 17.5. The van der Waals surface area contributed by atoms with Crippen molar-refractivity contribution in [1.82, 2.24) is 14.7 Å². The Labute approximate surface area is 165 Å². The van der Waals surface area contributed by atoms with Crippen molar-refractivity contribution < 1.29 is 4.79 Å².